The summed E-state index contributed by atoms with van der Waals surface area (Å²) in [5, 5.41) is 19.9. The minimum Gasteiger partial charge on any atom is -0.380 e. The molecule has 0 aliphatic heterocycles. The van der Waals surface area contributed by atoms with Gasteiger partial charge in [0.25, 0.3) is 0 Å². The molecular formula is C27H30N4O. The molecule has 0 saturated carbocycles. The number of aryl methyl sites for hydroxylation is 1. The fraction of sp³-hybridized carbons (Fsp3) is 0.259. The highest BCUT2D eigenvalue weighted by Crippen LogP contribution is 2.24. The smallest absolute Gasteiger partial charge is 0.171 e. The SMILES string of the molecule is CN(CCCc1nnc(C(O)c2ccccc2)n1-c1ccccc1)CCc1ccccc1. The second-order valence-electron chi connectivity index (χ2n) is 8.10. The van der Waals surface area contributed by atoms with Crippen molar-refractivity contribution >= 4 is 0 Å². The standard InChI is InChI=1S/C27H30N4O/c1-30(21-19-22-12-5-2-6-13-22)20-11-18-25-28-29-27(26(32)23-14-7-3-8-15-23)31(25)24-16-9-4-10-17-24/h2-10,12-17,26,32H,11,18-21H2,1H3. The molecule has 0 amide bonds. The first-order valence-corrected chi connectivity index (χ1v) is 11.2. The number of benzene rings is 3. The Morgan fingerprint density at radius 1 is 0.781 bits per heavy atom. The van der Waals surface area contributed by atoms with Crippen LogP contribution in [-0.4, -0.2) is 44.9 Å². The lowest BCUT2D eigenvalue weighted by Crippen LogP contribution is -2.23. The van der Waals surface area contributed by atoms with Crippen LogP contribution in [-0.2, 0) is 12.8 Å². The van der Waals surface area contributed by atoms with Gasteiger partial charge >= 0.3 is 0 Å². The maximum atomic E-state index is 11.0. The number of para-hydroxylation sites is 1. The van der Waals surface area contributed by atoms with E-state index in [4.69, 9.17) is 0 Å². The van der Waals surface area contributed by atoms with Crippen molar-refractivity contribution < 1.29 is 5.11 Å². The first kappa shape index (κ1) is 21.9. The highest BCUT2D eigenvalue weighted by Gasteiger charge is 2.21. The first-order valence-electron chi connectivity index (χ1n) is 11.2. The Morgan fingerprint density at radius 2 is 1.41 bits per heavy atom. The summed E-state index contributed by atoms with van der Waals surface area (Å²) >= 11 is 0. The molecule has 0 radical (unpaired) electrons. The Hall–Kier alpha value is -3.28. The van der Waals surface area contributed by atoms with Crippen LogP contribution in [0.4, 0.5) is 0 Å². The molecule has 0 saturated heterocycles. The van der Waals surface area contributed by atoms with Crippen molar-refractivity contribution in [2.75, 3.05) is 20.1 Å². The average molecular weight is 427 g/mol. The van der Waals surface area contributed by atoms with Crippen LogP contribution >= 0.6 is 0 Å². The molecule has 0 bridgehead atoms. The monoisotopic (exact) mass is 426 g/mol. The lowest BCUT2D eigenvalue weighted by molar-refractivity contribution is 0.207. The second kappa shape index (κ2) is 10.8. The minimum atomic E-state index is -0.828. The molecule has 0 spiro atoms. The molecule has 1 unspecified atom stereocenters. The number of aliphatic hydroxyl groups is 1. The van der Waals surface area contributed by atoms with Crippen LogP contribution in [0, 0.1) is 0 Å². The number of hydrogen-bond donors (Lipinski definition) is 1. The van der Waals surface area contributed by atoms with E-state index in [1.165, 1.54) is 5.56 Å². The molecule has 0 fully saturated rings. The van der Waals surface area contributed by atoms with Crippen molar-refractivity contribution in [3.05, 3.63) is 114 Å². The van der Waals surface area contributed by atoms with Crippen LogP contribution in [0.1, 0.15) is 35.3 Å². The molecule has 4 aromatic rings. The van der Waals surface area contributed by atoms with Crippen molar-refractivity contribution in [2.24, 2.45) is 0 Å². The molecule has 0 aliphatic rings. The van der Waals surface area contributed by atoms with Gasteiger partial charge < -0.3 is 10.0 Å². The van der Waals surface area contributed by atoms with Crippen LogP contribution in [0.2, 0.25) is 0 Å². The van der Waals surface area contributed by atoms with Crippen molar-refractivity contribution in [2.45, 2.75) is 25.4 Å². The van der Waals surface area contributed by atoms with Gasteiger partial charge in [-0.3, -0.25) is 4.57 Å². The van der Waals surface area contributed by atoms with E-state index in [0.717, 1.165) is 49.4 Å². The van der Waals surface area contributed by atoms with Gasteiger partial charge in [0.15, 0.2) is 5.82 Å². The summed E-state index contributed by atoms with van der Waals surface area (Å²) in [5.74, 6) is 1.42. The van der Waals surface area contributed by atoms with Gasteiger partial charge in [-0.05, 0) is 49.7 Å². The molecule has 5 nitrogen and oxygen atoms in total. The van der Waals surface area contributed by atoms with E-state index in [1.54, 1.807) is 0 Å². The molecule has 164 valence electrons. The summed E-state index contributed by atoms with van der Waals surface area (Å²) in [7, 11) is 2.16. The normalized spacial score (nSPS) is 12.2. The van der Waals surface area contributed by atoms with E-state index in [1.807, 2.05) is 65.2 Å². The predicted octanol–water partition coefficient (Wildman–Crippen LogP) is 4.46. The molecule has 0 aliphatic carbocycles. The molecule has 1 aromatic heterocycles. The molecule has 5 heteroatoms. The largest absolute Gasteiger partial charge is 0.380 e. The van der Waals surface area contributed by atoms with Crippen LogP contribution < -0.4 is 0 Å². The third-order valence-electron chi connectivity index (χ3n) is 5.69. The predicted molar refractivity (Wildman–Crippen MR) is 128 cm³/mol. The zero-order chi connectivity index (χ0) is 22.2. The quantitative estimate of drug-likeness (QED) is 0.407. The van der Waals surface area contributed by atoms with Crippen molar-refractivity contribution in [3.63, 3.8) is 0 Å². The molecule has 1 atom stereocenters. The summed E-state index contributed by atoms with van der Waals surface area (Å²) in [6.07, 6.45) is 1.98. The summed E-state index contributed by atoms with van der Waals surface area (Å²) in [6, 6.07) is 30.2. The molecule has 1 N–H and O–H groups in total. The summed E-state index contributed by atoms with van der Waals surface area (Å²) in [6.45, 7) is 2.00. The van der Waals surface area contributed by atoms with E-state index < -0.39 is 6.10 Å². The average Bonchev–Trinajstić information content (AvgIpc) is 3.28. The van der Waals surface area contributed by atoms with E-state index in [-0.39, 0.29) is 0 Å². The highest BCUT2D eigenvalue weighted by molar-refractivity contribution is 5.36. The maximum Gasteiger partial charge on any atom is 0.171 e. The van der Waals surface area contributed by atoms with Crippen LogP contribution in [0.3, 0.4) is 0 Å². The Labute approximate surface area is 190 Å². The van der Waals surface area contributed by atoms with Gasteiger partial charge in [0.2, 0.25) is 0 Å². The number of aromatic nitrogens is 3. The van der Waals surface area contributed by atoms with Gasteiger partial charge in [-0.25, -0.2) is 0 Å². The summed E-state index contributed by atoms with van der Waals surface area (Å²) < 4.78 is 2.00. The molecule has 3 aromatic carbocycles. The van der Waals surface area contributed by atoms with E-state index in [9.17, 15) is 5.11 Å². The van der Waals surface area contributed by atoms with Gasteiger partial charge in [-0.1, -0.05) is 78.9 Å². The van der Waals surface area contributed by atoms with Crippen molar-refractivity contribution in [3.8, 4) is 5.69 Å². The van der Waals surface area contributed by atoms with Gasteiger partial charge in [0, 0.05) is 18.7 Å². The van der Waals surface area contributed by atoms with E-state index in [2.05, 4.69) is 52.5 Å². The van der Waals surface area contributed by atoms with Gasteiger partial charge in [-0.15, -0.1) is 10.2 Å². The highest BCUT2D eigenvalue weighted by atomic mass is 16.3. The topological polar surface area (TPSA) is 54.2 Å². The number of nitrogens with zero attached hydrogens (tertiary/aromatic N) is 4. The van der Waals surface area contributed by atoms with E-state index in [0.29, 0.717) is 5.82 Å². The fourth-order valence-electron chi connectivity index (χ4n) is 3.90. The number of hydrogen-bond acceptors (Lipinski definition) is 4. The van der Waals surface area contributed by atoms with Crippen LogP contribution in [0.15, 0.2) is 91.0 Å². The van der Waals surface area contributed by atoms with Crippen molar-refractivity contribution in [1.29, 1.82) is 0 Å². The van der Waals surface area contributed by atoms with Crippen LogP contribution in [0.25, 0.3) is 5.69 Å². The fourth-order valence-corrected chi connectivity index (χ4v) is 3.90. The third-order valence-corrected chi connectivity index (χ3v) is 5.69. The Kier molecular flexibility index (Phi) is 7.43. The molecule has 32 heavy (non-hydrogen) atoms. The molecular weight excluding hydrogens is 396 g/mol. The zero-order valence-electron chi connectivity index (χ0n) is 18.5. The van der Waals surface area contributed by atoms with Crippen molar-refractivity contribution in [1.82, 2.24) is 19.7 Å². The number of rotatable bonds is 10. The molecule has 1 heterocycles. The third kappa shape index (κ3) is 5.49. The first-order chi connectivity index (χ1) is 15.7. The second-order valence-corrected chi connectivity index (χ2v) is 8.10. The van der Waals surface area contributed by atoms with E-state index >= 15 is 0 Å². The summed E-state index contributed by atoms with van der Waals surface area (Å²) in [5.41, 5.74) is 3.14. The zero-order valence-corrected chi connectivity index (χ0v) is 18.5. The van der Waals surface area contributed by atoms with Gasteiger partial charge in [0.1, 0.15) is 11.9 Å². The lowest BCUT2D eigenvalue weighted by atomic mass is 10.1. The van der Waals surface area contributed by atoms with Crippen LogP contribution in [0.5, 0.6) is 0 Å². The molecule has 4 rings (SSSR count). The van der Waals surface area contributed by atoms with Gasteiger partial charge in [0.05, 0.1) is 0 Å². The number of likely N-dealkylation sites (N-methyl/N-ethyl adjacent to an activating group) is 1. The maximum absolute atomic E-state index is 11.0. The Balaban J connectivity index is 1.45. The minimum absolute atomic E-state index is 0.551. The lowest BCUT2D eigenvalue weighted by Gasteiger charge is -2.17. The Morgan fingerprint density at radius 3 is 2.09 bits per heavy atom. The summed E-state index contributed by atoms with van der Waals surface area (Å²) in [4.78, 5) is 2.36. The number of aliphatic hydroxyl groups excluding tert-OH is 1. The van der Waals surface area contributed by atoms with Gasteiger partial charge in [-0.2, -0.15) is 0 Å². The Bertz CT molecular complexity index is 1080.